The van der Waals surface area contributed by atoms with E-state index in [0.29, 0.717) is 6.04 Å². The highest BCUT2D eigenvalue weighted by molar-refractivity contribution is 5.73. The lowest BCUT2D eigenvalue weighted by Crippen LogP contribution is -2.53. The van der Waals surface area contributed by atoms with Gasteiger partial charge in [-0.2, -0.15) is 0 Å². The van der Waals surface area contributed by atoms with Crippen molar-refractivity contribution in [1.82, 2.24) is 14.7 Å². The van der Waals surface area contributed by atoms with Crippen LogP contribution in [0.1, 0.15) is 39.5 Å². The van der Waals surface area contributed by atoms with Crippen LogP contribution in [-0.2, 0) is 4.79 Å². The monoisotopic (exact) mass is 293 g/mol. The number of hydrogen-bond donors (Lipinski definition) is 0. The summed E-state index contributed by atoms with van der Waals surface area (Å²) in [6.07, 6.45) is 5.80. The van der Waals surface area contributed by atoms with Crippen molar-refractivity contribution < 1.29 is 4.79 Å². The minimum atomic E-state index is 0.233. The van der Waals surface area contributed by atoms with Crippen LogP contribution in [0.2, 0.25) is 0 Å². The molecule has 4 nitrogen and oxygen atoms in total. The second-order valence-electron chi connectivity index (χ2n) is 7.46. The SMILES string of the molecule is CC(=O)N1CCN(C2CN(CC3CCCC3)CC2C)CC1. The maximum absolute atomic E-state index is 11.4. The van der Waals surface area contributed by atoms with Gasteiger partial charge in [-0.3, -0.25) is 9.69 Å². The van der Waals surface area contributed by atoms with Gasteiger partial charge in [0.2, 0.25) is 5.91 Å². The van der Waals surface area contributed by atoms with Crippen LogP contribution in [0, 0.1) is 11.8 Å². The maximum Gasteiger partial charge on any atom is 0.219 e. The molecule has 1 saturated carbocycles. The van der Waals surface area contributed by atoms with Crippen molar-refractivity contribution in [3.8, 4) is 0 Å². The summed E-state index contributed by atoms with van der Waals surface area (Å²) in [4.78, 5) is 18.8. The van der Waals surface area contributed by atoms with Crippen LogP contribution in [0.15, 0.2) is 0 Å². The molecule has 0 radical (unpaired) electrons. The highest BCUT2D eigenvalue weighted by Crippen LogP contribution is 2.29. The van der Waals surface area contributed by atoms with Crippen LogP contribution in [0.5, 0.6) is 0 Å². The van der Waals surface area contributed by atoms with Gasteiger partial charge in [0.25, 0.3) is 0 Å². The van der Waals surface area contributed by atoms with Crippen LogP contribution in [0.3, 0.4) is 0 Å². The van der Waals surface area contributed by atoms with Gasteiger partial charge in [0.1, 0.15) is 0 Å². The Kier molecular flexibility index (Phi) is 4.85. The Bertz CT molecular complexity index is 359. The summed E-state index contributed by atoms with van der Waals surface area (Å²) in [5, 5.41) is 0. The van der Waals surface area contributed by atoms with Crippen molar-refractivity contribution >= 4 is 5.91 Å². The molecule has 120 valence electrons. The predicted octanol–water partition coefficient (Wildman–Crippen LogP) is 1.66. The maximum atomic E-state index is 11.4. The Morgan fingerprint density at radius 1 is 1.05 bits per heavy atom. The molecule has 0 spiro atoms. The summed E-state index contributed by atoms with van der Waals surface area (Å²) < 4.78 is 0. The van der Waals surface area contributed by atoms with E-state index in [0.717, 1.165) is 38.0 Å². The normalized spacial score (nSPS) is 33.0. The average Bonchev–Trinajstić information content (AvgIpc) is 3.09. The number of nitrogens with zero attached hydrogens (tertiary/aromatic N) is 3. The van der Waals surface area contributed by atoms with E-state index in [4.69, 9.17) is 0 Å². The molecular formula is C17H31N3O. The quantitative estimate of drug-likeness (QED) is 0.792. The Morgan fingerprint density at radius 2 is 1.71 bits per heavy atom. The fourth-order valence-corrected chi connectivity index (χ4v) is 4.60. The van der Waals surface area contributed by atoms with Gasteiger partial charge in [0, 0.05) is 58.8 Å². The molecule has 0 bridgehead atoms. The van der Waals surface area contributed by atoms with E-state index in [9.17, 15) is 4.79 Å². The van der Waals surface area contributed by atoms with Crippen molar-refractivity contribution in [2.45, 2.75) is 45.6 Å². The molecule has 2 saturated heterocycles. The van der Waals surface area contributed by atoms with Crippen LogP contribution in [0.25, 0.3) is 0 Å². The number of likely N-dealkylation sites (tertiary alicyclic amines) is 1. The third-order valence-corrected chi connectivity index (χ3v) is 5.87. The van der Waals surface area contributed by atoms with E-state index >= 15 is 0 Å². The van der Waals surface area contributed by atoms with Crippen molar-refractivity contribution in [3.05, 3.63) is 0 Å². The molecular weight excluding hydrogens is 262 g/mol. The van der Waals surface area contributed by atoms with Crippen molar-refractivity contribution in [3.63, 3.8) is 0 Å². The fraction of sp³-hybridized carbons (Fsp3) is 0.941. The minimum Gasteiger partial charge on any atom is -0.340 e. The van der Waals surface area contributed by atoms with Gasteiger partial charge in [-0.25, -0.2) is 0 Å². The molecule has 0 aromatic carbocycles. The molecule has 2 heterocycles. The van der Waals surface area contributed by atoms with Crippen molar-refractivity contribution in [2.24, 2.45) is 11.8 Å². The first-order valence-corrected chi connectivity index (χ1v) is 8.85. The molecule has 1 amide bonds. The van der Waals surface area contributed by atoms with Crippen molar-refractivity contribution in [1.29, 1.82) is 0 Å². The largest absolute Gasteiger partial charge is 0.340 e. The first-order valence-electron chi connectivity index (χ1n) is 8.85. The number of hydrogen-bond acceptors (Lipinski definition) is 3. The summed E-state index contributed by atoms with van der Waals surface area (Å²) >= 11 is 0. The van der Waals surface area contributed by atoms with E-state index < -0.39 is 0 Å². The summed E-state index contributed by atoms with van der Waals surface area (Å²) in [6.45, 7) is 11.9. The molecule has 2 aliphatic heterocycles. The van der Waals surface area contributed by atoms with E-state index in [2.05, 4.69) is 16.7 Å². The third-order valence-electron chi connectivity index (χ3n) is 5.87. The van der Waals surface area contributed by atoms with E-state index in [1.54, 1.807) is 6.92 Å². The molecule has 0 aromatic rings. The van der Waals surface area contributed by atoms with Gasteiger partial charge in [-0.15, -0.1) is 0 Å². The molecule has 3 aliphatic rings. The molecule has 3 rings (SSSR count). The van der Waals surface area contributed by atoms with Gasteiger partial charge in [-0.05, 0) is 24.7 Å². The second-order valence-corrected chi connectivity index (χ2v) is 7.46. The number of piperazine rings is 1. The van der Waals surface area contributed by atoms with E-state index in [1.165, 1.54) is 45.3 Å². The van der Waals surface area contributed by atoms with Gasteiger partial charge >= 0.3 is 0 Å². The first kappa shape index (κ1) is 15.3. The van der Waals surface area contributed by atoms with E-state index in [1.807, 2.05) is 4.90 Å². The third kappa shape index (κ3) is 3.59. The zero-order valence-corrected chi connectivity index (χ0v) is 13.8. The highest BCUT2D eigenvalue weighted by Gasteiger charge is 2.36. The van der Waals surface area contributed by atoms with Crippen LogP contribution >= 0.6 is 0 Å². The topological polar surface area (TPSA) is 26.8 Å². The van der Waals surface area contributed by atoms with Gasteiger partial charge in [-0.1, -0.05) is 19.8 Å². The Balaban J connectivity index is 1.48. The van der Waals surface area contributed by atoms with Gasteiger partial charge in [0.05, 0.1) is 0 Å². The lowest BCUT2D eigenvalue weighted by Gasteiger charge is -2.39. The Morgan fingerprint density at radius 3 is 2.33 bits per heavy atom. The molecule has 4 heteroatoms. The summed E-state index contributed by atoms with van der Waals surface area (Å²) in [5.74, 6) is 1.97. The second kappa shape index (κ2) is 6.66. The highest BCUT2D eigenvalue weighted by atomic mass is 16.2. The number of rotatable bonds is 3. The molecule has 0 aromatic heterocycles. The Labute approximate surface area is 129 Å². The fourth-order valence-electron chi connectivity index (χ4n) is 4.60. The van der Waals surface area contributed by atoms with E-state index in [-0.39, 0.29) is 5.91 Å². The molecule has 21 heavy (non-hydrogen) atoms. The summed E-state index contributed by atoms with van der Waals surface area (Å²) in [5.41, 5.74) is 0. The number of carbonyl (C=O) groups is 1. The standard InChI is InChI=1S/C17H31N3O/c1-14-11-18(12-16-5-3-4-6-16)13-17(14)20-9-7-19(8-10-20)15(2)21/h14,16-17H,3-13H2,1-2H3. The van der Waals surface area contributed by atoms with Crippen molar-refractivity contribution in [2.75, 3.05) is 45.8 Å². The lowest BCUT2D eigenvalue weighted by atomic mass is 10.0. The number of carbonyl (C=O) groups excluding carboxylic acids is 1. The van der Waals surface area contributed by atoms with Gasteiger partial charge in [0.15, 0.2) is 0 Å². The van der Waals surface area contributed by atoms with Crippen LogP contribution in [0.4, 0.5) is 0 Å². The zero-order chi connectivity index (χ0) is 14.8. The first-order chi connectivity index (χ1) is 10.1. The molecule has 1 aliphatic carbocycles. The molecule has 2 atom stereocenters. The smallest absolute Gasteiger partial charge is 0.219 e. The zero-order valence-electron chi connectivity index (χ0n) is 13.8. The van der Waals surface area contributed by atoms with Gasteiger partial charge < -0.3 is 9.80 Å². The summed E-state index contributed by atoms with van der Waals surface area (Å²) in [7, 11) is 0. The number of amides is 1. The Hall–Kier alpha value is -0.610. The minimum absolute atomic E-state index is 0.233. The van der Waals surface area contributed by atoms with Crippen LogP contribution < -0.4 is 0 Å². The predicted molar refractivity (Wildman–Crippen MR) is 85.2 cm³/mol. The average molecular weight is 293 g/mol. The summed E-state index contributed by atoms with van der Waals surface area (Å²) in [6, 6.07) is 0.709. The van der Waals surface area contributed by atoms with Crippen LogP contribution in [-0.4, -0.2) is 72.5 Å². The lowest BCUT2D eigenvalue weighted by molar-refractivity contribution is -0.130. The molecule has 3 fully saturated rings. The molecule has 0 N–H and O–H groups in total. The molecule has 2 unspecified atom stereocenters.